The van der Waals surface area contributed by atoms with Crippen LogP contribution < -0.4 is 5.32 Å². The highest BCUT2D eigenvalue weighted by atomic mass is 16.1. The predicted molar refractivity (Wildman–Crippen MR) is 101 cm³/mol. The van der Waals surface area contributed by atoms with E-state index in [0.717, 1.165) is 42.7 Å². The number of fused-ring (bicyclic) bond motifs is 1. The van der Waals surface area contributed by atoms with E-state index >= 15 is 0 Å². The molecule has 4 heteroatoms. The number of benzene rings is 2. The Morgan fingerprint density at radius 1 is 1.08 bits per heavy atom. The number of nitrogens with one attached hydrogen (secondary N) is 1. The largest absolute Gasteiger partial charge is 0.349 e. The number of carbonyl (C=O) groups excluding carboxylic acids is 1. The molecule has 0 bridgehead atoms. The summed E-state index contributed by atoms with van der Waals surface area (Å²) in [5.74, 6) is 1.00. The molecule has 0 aliphatic rings. The van der Waals surface area contributed by atoms with Gasteiger partial charge in [-0.2, -0.15) is 0 Å². The van der Waals surface area contributed by atoms with E-state index in [-0.39, 0.29) is 5.91 Å². The third kappa shape index (κ3) is 4.47. The summed E-state index contributed by atoms with van der Waals surface area (Å²) < 4.78 is 2.23. The normalized spacial score (nSPS) is 10.9. The van der Waals surface area contributed by atoms with E-state index in [1.807, 2.05) is 36.4 Å². The van der Waals surface area contributed by atoms with Gasteiger partial charge in [0, 0.05) is 13.0 Å². The number of rotatable bonds is 8. The van der Waals surface area contributed by atoms with Crippen molar-refractivity contribution in [1.29, 1.82) is 0 Å². The van der Waals surface area contributed by atoms with Gasteiger partial charge in [0.1, 0.15) is 5.82 Å². The molecule has 1 N–H and O–H groups in total. The van der Waals surface area contributed by atoms with Crippen LogP contribution in [0.15, 0.2) is 54.6 Å². The number of hydrogen-bond acceptors (Lipinski definition) is 2. The summed E-state index contributed by atoms with van der Waals surface area (Å²) in [6.45, 7) is 3.60. The highest BCUT2D eigenvalue weighted by Crippen LogP contribution is 2.17. The SMILES string of the molecule is CCCCn1c(CNC(=O)CCc2ccccc2)nc2ccccc21. The number of carbonyl (C=O) groups is 1. The average Bonchev–Trinajstić information content (AvgIpc) is 3.01. The van der Waals surface area contributed by atoms with Crippen molar-refractivity contribution in [3.63, 3.8) is 0 Å². The van der Waals surface area contributed by atoms with E-state index in [9.17, 15) is 4.79 Å². The number of unbranched alkanes of at least 4 members (excludes halogenated alkanes) is 1. The second-order valence-corrected chi connectivity index (χ2v) is 6.28. The Labute approximate surface area is 148 Å². The topological polar surface area (TPSA) is 46.9 Å². The third-order valence-corrected chi connectivity index (χ3v) is 4.40. The van der Waals surface area contributed by atoms with Gasteiger partial charge in [0.05, 0.1) is 17.6 Å². The van der Waals surface area contributed by atoms with Crippen molar-refractivity contribution < 1.29 is 4.79 Å². The van der Waals surface area contributed by atoms with Gasteiger partial charge < -0.3 is 9.88 Å². The fourth-order valence-corrected chi connectivity index (χ4v) is 2.99. The molecule has 1 heterocycles. The maximum atomic E-state index is 12.2. The van der Waals surface area contributed by atoms with Crippen molar-refractivity contribution in [1.82, 2.24) is 14.9 Å². The summed E-state index contributed by atoms with van der Waals surface area (Å²) in [5, 5.41) is 3.02. The van der Waals surface area contributed by atoms with Gasteiger partial charge in [0.2, 0.25) is 5.91 Å². The lowest BCUT2D eigenvalue weighted by Crippen LogP contribution is -2.25. The fraction of sp³-hybridized carbons (Fsp3) is 0.333. The molecule has 0 saturated carbocycles. The number of hydrogen-bond donors (Lipinski definition) is 1. The van der Waals surface area contributed by atoms with Crippen molar-refractivity contribution in [3.05, 3.63) is 66.0 Å². The molecule has 0 spiro atoms. The van der Waals surface area contributed by atoms with Crippen LogP contribution in [0.3, 0.4) is 0 Å². The van der Waals surface area contributed by atoms with Gasteiger partial charge in [0.15, 0.2) is 0 Å². The Morgan fingerprint density at radius 3 is 2.64 bits per heavy atom. The molecule has 1 aromatic heterocycles. The van der Waals surface area contributed by atoms with Crippen molar-refractivity contribution in [2.75, 3.05) is 0 Å². The molecule has 2 aromatic carbocycles. The lowest BCUT2D eigenvalue weighted by molar-refractivity contribution is -0.121. The molecular weight excluding hydrogens is 310 g/mol. The zero-order valence-corrected chi connectivity index (χ0v) is 14.7. The van der Waals surface area contributed by atoms with E-state index in [2.05, 4.69) is 35.0 Å². The smallest absolute Gasteiger partial charge is 0.220 e. The Balaban J connectivity index is 1.62. The van der Waals surface area contributed by atoms with Gasteiger partial charge in [-0.3, -0.25) is 4.79 Å². The van der Waals surface area contributed by atoms with Crippen molar-refractivity contribution >= 4 is 16.9 Å². The minimum Gasteiger partial charge on any atom is -0.349 e. The van der Waals surface area contributed by atoms with Crippen LogP contribution >= 0.6 is 0 Å². The maximum Gasteiger partial charge on any atom is 0.220 e. The second kappa shape index (κ2) is 8.47. The third-order valence-electron chi connectivity index (χ3n) is 4.40. The van der Waals surface area contributed by atoms with Gasteiger partial charge >= 0.3 is 0 Å². The van der Waals surface area contributed by atoms with E-state index in [4.69, 9.17) is 4.98 Å². The first-order valence-electron chi connectivity index (χ1n) is 9.02. The molecule has 3 aromatic rings. The molecule has 0 radical (unpaired) electrons. The van der Waals surface area contributed by atoms with E-state index < -0.39 is 0 Å². The predicted octanol–water partition coefficient (Wildman–Crippen LogP) is 4.09. The number of nitrogens with zero attached hydrogens (tertiary/aromatic N) is 2. The van der Waals surface area contributed by atoms with Gasteiger partial charge in [-0.25, -0.2) is 4.98 Å². The lowest BCUT2D eigenvalue weighted by atomic mass is 10.1. The Kier molecular flexibility index (Phi) is 5.83. The Bertz CT molecular complexity index is 824. The molecule has 25 heavy (non-hydrogen) atoms. The number of aromatic nitrogens is 2. The van der Waals surface area contributed by atoms with E-state index in [1.165, 1.54) is 5.56 Å². The summed E-state index contributed by atoms with van der Waals surface area (Å²) in [6.07, 6.45) is 3.50. The molecule has 0 saturated heterocycles. The summed E-state index contributed by atoms with van der Waals surface area (Å²) in [4.78, 5) is 16.9. The molecule has 0 atom stereocenters. The first kappa shape index (κ1) is 17.2. The molecule has 0 fully saturated rings. The molecule has 4 nitrogen and oxygen atoms in total. The van der Waals surface area contributed by atoms with Crippen molar-refractivity contribution in [2.24, 2.45) is 0 Å². The fourth-order valence-electron chi connectivity index (χ4n) is 2.99. The van der Waals surface area contributed by atoms with Crippen LogP contribution in [0.4, 0.5) is 0 Å². The molecule has 0 aliphatic carbocycles. The van der Waals surface area contributed by atoms with Crippen LogP contribution in [0.25, 0.3) is 11.0 Å². The maximum absolute atomic E-state index is 12.2. The van der Waals surface area contributed by atoms with Gasteiger partial charge in [0.25, 0.3) is 0 Å². The second-order valence-electron chi connectivity index (χ2n) is 6.28. The van der Waals surface area contributed by atoms with E-state index in [1.54, 1.807) is 0 Å². The Morgan fingerprint density at radius 2 is 1.84 bits per heavy atom. The average molecular weight is 335 g/mol. The molecule has 130 valence electrons. The lowest BCUT2D eigenvalue weighted by Gasteiger charge is -2.10. The standard InChI is InChI=1S/C21H25N3O/c1-2-3-15-24-19-12-8-7-11-18(19)23-20(24)16-22-21(25)14-13-17-9-5-4-6-10-17/h4-12H,2-3,13-16H2,1H3,(H,22,25). The highest BCUT2D eigenvalue weighted by Gasteiger charge is 2.11. The molecular formula is C21H25N3O. The zero-order valence-electron chi connectivity index (χ0n) is 14.7. The van der Waals surface area contributed by atoms with Crippen LogP contribution in [-0.4, -0.2) is 15.5 Å². The van der Waals surface area contributed by atoms with Crippen LogP contribution in [-0.2, 0) is 24.3 Å². The minimum absolute atomic E-state index is 0.0675. The van der Waals surface area contributed by atoms with Gasteiger partial charge in [-0.15, -0.1) is 0 Å². The molecule has 0 aliphatic heterocycles. The van der Waals surface area contributed by atoms with Crippen LogP contribution in [0.5, 0.6) is 0 Å². The Hall–Kier alpha value is -2.62. The number of imidazole rings is 1. The van der Waals surface area contributed by atoms with Crippen molar-refractivity contribution in [3.8, 4) is 0 Å². The van der Waals surface area contributed by atoms with Crippen LogP contribution in [0.2, 0.25) is 0 Å². The molecule has 0 unspecified atom stereocenters. The summed E-state index contributed by atoms with van der Waals surface area (Å²) in [6, 6.07) is 18.3. The number of aryl methyl sites for hydroxylation is 2. The van der Waals surface area contributed by atoms with E-state index in [0.29, 0.717) is 13.0 Å². The summed E-state index contributed by atoms with van der Waals surface area (Å²) in [5.41, 5.74) is 3.32. The monoisotopic (exact) mass is 335 g/mol. The molecule has 1 amide bonds. The highest BCUT2D eigenvalue weighted by molar-refractivity contribution is 5.77. The minimum atomic E-state index is 0.0675. The summed E-state index contributed by atoms with van der Waals surface area (Å²) >= 11 is 0. The molecule has 3 rings (SSSR count). The van der Waals surface area contributed by atoms with Crippen LogP contribution in [0, 0.1) is 0 Å². The van der Waals surface area contributed by atoms with Gasteiger partial charge in [-0.1, -0.05) is 55.8 Å². The number of para-hydroxylation sites is 2. The first-order chi connectivity index (χ1) is 12.3. The number of amides is 1. The first-order valence-corrected chi connectivity index (χ1v) is 9.02. The summed E-state index contributed by atoms with van der Waals surface area (Å²) in [7, 11) is 0. The zero-order chi connectivity index (χ0) is 17.5. The quantitative estimate of drug-likeness (QED) is 0.674. The van der Waals surface area contributed by atoms with Crippen molar-refractivity contribution in [2.45, 2.75) is 45.7 Å². The van der Waals surface area contributed by atoms with Crippen LogP contribution in [0.1, 0.15) is 37.6 Å². The van der Waals surface area contributed by atoms with Gasteiger partial charge in [-0.05, 0) is 30.5 Å².